The molecule has 0 aliphatic rings. The Morgan fingerprint density at radius 1 is 1.22 bits per heavy atom. The van der Waals surface area contributed by atoms with Gasteiger partial charge >= 0.3 is 5.97 Å². The van der Waals surface area contributed by atoms with Crippen molar-refractivity contribution >= 4 is 16.9 Å². The zero-order chi connectivity index (χ0) is 13.3. The predicted molar refractivity (Wildman–Crippen MR) is 69.8 cm³/mol. The third-order valence-corrected chi connectivity index (χ3v) is 3.10. The first-order valence-corrected chi connectivity index (χ1v) is 5.71. The molecule has 1 aromatic heterocycles. The topological polar surface area (TPSA) is 59.2 Å². The predicted octanol–water partition coefficient (Wildman–Crippen LogP) is 1.86. The van der Waals surface area contributed by atoms with Crippen LogP contribution in [0.25, 0.3) is 10.9 Å². The Morgan fingerprint density at radius 2 is 1.89 bits per heavy atom. The number of benzene rings is 1. The van der Waals surface area contributed by atoms with Crippen LogP contribution in [-0.4, -0.2) is 18.1 Å². The van der Waals surface area contributed by atoms with Crippen LogP contribution in [0.3, 0.4) is 0 Å². The highest BCUT2D eigenvalue weighted by atomic mass is 16.5. The number of rotatable bonds is 2. The van der Waals surface area contributed by atoms with Gasteiger partial charge in [-0.3, -0.25) is 9.59 Å². The fourth-order valence-corrected chi connectivity index (χ4v) is 1.88. The molecule has 94 valence electrons. The maximum Gasteiger partial charge on any atom is 0.310 e. The highest BCUT2D eigenvalue weighted by molar-refractivity contribution is 5.82. The average Bonchev–Trinajstić information content (AvgIpc) is 2.32. The van der Waals surface area contributed by atoms with Gasteiger partial charge in [-0.25, -0.2) is 0 Å². The summed E-state index contributed by atoms with van der Waals surface area (Å²) in [6.45, 7) is 4.01. The Kier molecular flexibility index (Phi) is 3.19. The highest BCUT2D eigenvalue weighted by Crippen LogP contribution is 2.17. The molecule has 1 aromatic carbocycles. The molecule has 0 bridgehead atoms. The molecule has 4 heteroatoms. The summed E-state index contributed by atoms with van der Waals surface area (Å²) >= 11 is 0. The lowest BCUT2D eigenvalue weighted by molar-refractivity contribution is -0.139. The van der Waals surface area contributed by atoms with Crippen molar-refractivity contribution in [3.05, 3.63) is 45.2 Å². The maximum absolute atomic E-state index is 11.8. The molecule has 0 amide bonds. The van der Waals surface area contributed by atoms with Crippen molar-refractivity contribution in [1.29, 1.82) is 0 Å². The van der Waals surface area contributed by atoms with E-state index in [0.29, 0.717) is 5.56 Å². The number of aromatic amines is 1. The molecule has 18 heavy (non-hydrogen) atoms. The Bertz CT molecular complexity index is 671. The number of esters is 1. The van der Waals surface area contributed by atoms with Crippen LogP contribution in [0.2, 0.25) is 0 Å². The van der Waals surface area contributed by atoms with Crippen LogP contribution in [0.5, 0.6) is 0 Å². The van der Waals surface area contributed by atoms with Crippen molar-refractivity contribution in [3.8, 4) is 0 Å². The van der Waals surface area contributed by atoms with Gasteiger partial charge < -0.3 is 9.72 Å². The highest BCUT2D eigenvalue weighted by Gasteiger charge is 2.09. The minimum Gasteiger partial charge on any atom is -0.469 e. The molecule has 0 fully saturated rings. The third-order valence-electron chi connectivity index (χ3n) is 3.10. The van der Waals surface area contributed by atoms with Gasteiger partial charge in [-0.05, 0) is 48.6 Å². The van der Waals surface area contributed by atoms with Crippen LogP contribution >= 0.6 is 0 Å². The number of H-pyrrole nitrogens is 1. The number of carbonyl (C=O) groups is 1. The van der Waals surface area contributed by atoms with E-state index < -0.39 is 5.97 Å². The van der Waals surface area contributed by atoms with Gasteiger partial charge in [0.05, 0.1) is 13.5 Å². The molecular formula is C14H15NO3. The van der Waals surface area contributed by atoms with Crippen molar-refractivity contribution in [1.82, 2.24) is 4.98 Å². The second-order valence-electron chi connectivity index (χ2n) is 4.40. The smallest absolute Gasteiger partial charge is 0.310 e. The zero-order valence-electron chi connectivity index (χ0n) is 10.7. The lowest BCUT2D eigenvalue weighted by Crippen LogP contribution is -2.17. The number of ether oxygens (including phenoxy) is 1. The summed E-state index contributed by atoms with van der Waals surface area (Å²) in [5, 5.41) is 0.927. The van der Waals surface area contributed by atoms with E-state index in [1.165, 1.54) is 7.11 Å². The summed E-state index contributed by atoms with van der Waals surface area (Å²) in [5.74, 6) is -0.413. The number of hydrogen-bond donors (Lipinski definition) is 1. The molecule has 0 aliphatic carbocycles. The van der Waals surface area contributed by atoms with Crippen LogP contribution in [0.15, 0.2) is 23.0 Å². The van der Waals surface area contributed by atoms with Crippen molar-refractivity contribution in [2.45, 2.75) is 20.3 Å². The molecule has 0 aliphatic heterocycles. The molecule has 0 atom stereocenters. The molecule has 0 spiro atoms. The number of carbonyl (C=O) groups excluding carboxylic acids is 1. The van der Waals surface area contributed by atoms with E-state index in [1.54, 1.807) is 6.07 Å². The van der Waals surface area contributed by atoms with Gasteiger partial charge in [0.2, 0.25) is 0 Å². The average molecular weight is 245 g/mol. The molecule has 0 saturated heterocycles. The van der Waals surface area contributed by atoms with Gasteiger partial charge in [0, 0.05) is 11.1 Å². The Morgan fingerprint density at radius 3 is 2.56 bits per heavy atom. The molecule has 1 N–H and O–H groups in total. The first-order valence-electron chi connectivity index (χ1n) is 5.71. The number of hydrogen-bond acceptors (Lipinski definition) is 3. The number of fused-ring (bicyclic) bond motifs is 1. The van der Waals surface area contributed by atoms with E-state index in [1.807, 2.05) is 26.0 Å². The summed E-state index contributed by atoms with van der Waals surface area (Å²) in [5.41, 5.74) is 3.25. The van der Waals surface area contributed by atoms with Gasteiger partial charge in [0.15, 0.2) is 0 Å². The van der Waals surface area contributed by atoms with Gasteiger partial charge in [-0.2, -0.15) is 0 Å². The van der Waals surface area contributed by atoms with E-state index >= 15 is 0 Å². The SMILES string of the molecule is COC(=O)Cc1cc2cc(C)c(C)cc2[nH]c1=O. The molecule has 1 heterocycles. The lowest BCUT2D eigenvalue weighted by Gasteiger charge is -2.06. The van der Waals surface area contributed by atoms with Crippen LogP contribution in [0.4, 0.5) is 0 Å². The van der Waals surface area contributed by atoms with Crippen molar-refractivity contribution in [2.75, 3.05) is 7.11 Å². The maximum atomic E-state index is 11.8. The number of methoxy groups -OCH3 is 1. The fraction of sp³-hybridized carbons (Fsp3) is 0.286. The summed E-state index contributed by atoms with van der Waals surface area (Å²) in [4.78, 5) is 25.8. The largest absolute Gasteiger partial charge is 0.469 e. The van der Waals surface area contributed by atoms with Gasteiger partial charge in [0.25, 0.3) is 5.56 Å². The van der Waals surface area contributed by atoms with Crippen molar-refractivity contribution < 1.29 is 9.53 Å². The van der Waals surface area contributed by atoms with Crippen LogP contribution < -0.4 is 5.56 Å². The van der Waals surface area contributed by atoms with E-state index in [0.717, 1.165) is 22.0 Å². The van der Waals surface area contributed by atoms with Crippen molar-refractivity contribution in [3.63, 3.8) is 0 Å². The minimum atomic E-state index is -0.413. The second kappa shape index (κ2) is 4.64. The normalized spacial score (nSPS) is 10.6. The fourth-order valence-electron chi connectivity index (χ4n) is 1.88. The zero-order valence-corrected chi connectivity index (χ0v) is 10.7. The number of aryl methyl sites for hydroxylation is 2. The Balaban J connectivity index is 2.57. The minimum absolute atomic E-state index is 0.00526. The van der Waals surface area contributed by atoms with Gasteiger partial charge in [0.1, 0.15) is 0 Å². The number of aromatic nitrogens is 1. The third kappa shape index (κ3) is 2.27. The van der Waals surface area contributed by atoms with E-state index in [4.69, 9.17) is 0 Å². The van der Waals surface area contributed by atoms with Crippen molar-refractivity contribution in [2.24, 2.45) is 0 Å². The van der Waals surface area contributed by atoms with E-state index in [2.05, 4.69) is 9.72 Å². The molecule has 4 nitrogen and oxygen atoms in total. The van der Waals surface area contributed by atoms with Crippen LogP contribution in [0.1, 0.15) is 16.7 Å². The monoisotopic (exact) mass is 245 g/mol. The lowest BCUT2D eigenvalue weighted by atomic mass is 10.0. The van der Waals surface area contributed by atoms with Crippen LogP contribution in [0, 0.1) is 13.8 Å². The molecule has 0 unspecified atom stereocenters. The molecule has 2 aromatic rings. The summed E-state index contributed by atoms with van der Waals surface area (Å²) in [6, 6.07) is 5.69. The first kappa shape index (κ1) is 12.4. The standard InChI is InChI=1S/C14H15NO3/c1-8-4-10-6-11(7-13(16)18-3)14(17)15-12(10)5-9(8)2/h4-6H,7H2,1-3H3,(H,15,17). The number of nitrogens with one attached hydrogen (secondary N) is 1. The second-order valence-corrected chi connectivity index (χ2v) is 4.40. The summed E-state index contributed by atoms with van der Waals surface area (Å²) in [7, 11) is 1.31. The number of pyridine rings is 1. The van der Waals surface area contributed by atoms with Gasteiger partial charge in [-0.1, -0.05) is 0 Å². The quantitative estimate of drug-likeness (QED) is 0.821. The molecule has 0 radical (unpaired) electrons. The molecule has 0 saturated carbocycles. The summed E-state index contributed by atoms with van der Waals surface area (Å²) in [6.07, 6.45) is -0.00526. The Labute approximate surface area is 105 Å². The summed E-state index contributed by atoms with van der Waals surface area (Å²) < 4.78 is 4.57. The van der Waals surface area contributed by atoms with Gasteiger partial charge in [-0.15, -0.1) is 0 Å². The Hall–Kier alpha value is -2.10. The van der Waals surface area contributed by atoms with E-state index in [-0.39, 0.29) is 12.0 Å². The molecular weight excluding hydrogens is 230 g/mol. The molecule has 2 rings (SSSR count). The van der Waals surface area contributed by atoms with Crippen LogP contribution in [-0.2, 0) is 16.0 Å². The first-order chi connectivity index (χ1) is 8.51. The van der Waals surface area contributed by atoms with E-state index in [9.17, 15) is 9.59 Å².